The highest BCUT2D eigenvalue weighted by Gasteiger charge is 2.15. The molecule has 2 rings (SSSR count). The van der Waals surface area contributed by atoms with Gasteiger partial charge in [0.15, 0.2) is 0 Å². The first kappa shape index (κ1) is 10.4. The van der Waals surface area contributed by atoms with E-state index in [2.05, 4.69) is 5.32 Å². The summed E-state index contributed by atoms with van der Waals surface area (Å²) in [5.41, 5.74) is -2.01. The van der Waals surface area contributed by atoms with Crippen LogP contribution in [0.25, 0.3) is 0 Å². The summed E-state index contributed by atoms with van der Waals surface area (Å²) < 4.78 is 30.7. The fraction of sp³-hybridized carbons (Fsp3) is 0. The Morgan fingerprint density at radius 2 is 2.05 bits per heavy atom. The molecule has 0 bridgehead atoms. The van der Waals surface area contributed by atoms with E-state index in [1.807, 2.05) is 0 Å². The Morgan fingerprint density at radius 3 is 2.71 bits per heavy atom. The molecule has 0 saturated heterocycles. The van der Waals surface area contributed by atoms with E-state index in [-0.39, 0.29) is 5.02 Å². The maximum atomic E-state index is 12.3. The van der Waals surface area contributed by atoms with Crippen LogP contribution in [0.2, 0.25) is 10.0 Å². The van der Waals surface area contributed by atoms with Crippen molar-refractivity contribution >= 4 is 40.5 Å². The zero-order chi connectivity index (χ0) is 19.0. The quantitative estimate of drug-likeness (QED) is 0.660. The minimum absolute atomic E-state index is 0.119. The van der Waals surface area contributed by atoms with E-state index < -0.39 is 62.7 Å². The molecule has 2 aromatic rings. The van der Waals surface area contributed by atoms with Crippen LogP contribution >= 0.6 is 23.2 Å². The fourth-order valence-corrected chi connectivity index (χ4v) is 1.70. The lowest BCUT2D eigenvalue weighted by molar-refractivity contribution is -0.384. The Balaban J connectivity index is 2.58. The van der Waals surface area contributed by atoms with Crippen molar-refractivity contribution < 1.29 is 20.3 Å². The smallest absolute Gasteiger partial charge is 0.271 e. The molecular formula is C13H8Cl2N2O4. The maximum absolute atomic E-state index is 12.3. The Hall–Kier alpha value is -2.31. The molecule has 0 fully saturated rings. The van der Waals surface area contributed by atoms with Crippen molar-refractivity contribution in [2.75, 3.05) is 5.32 Å². The second kappa shape index (κ2) is 5.99. The number of aromatic hydroxyl groups is 1. The average Bonchev–Trinajstić information content (AvgIpc) is 2.53. The SMILES string of the molecule is [2H]c1c([2H])c([N+](=O)[O-])c([2H])c(Cl)c1NC(=O)c1c(O)ccc(Cl)c1[2H]. The second-order valence-electron chi connectivity index (χ2n) is 3.69. The molecule has 108 valence electrons. The topological polar surface area (TPSA) is 92.5 Å². The molecule has 0 aliphatic heterocycles. The van der Waals surface area contributed by atoms with Gasteiger partial charge in [-0.25, -0.2) is 0 Å². The number of phenolic OH excluding ortho intramolecular Hbond substituents is 1. The lowest BCUT2D eigenvalue weighted by atomic mass is 10.2. The lowest BCUT2D eigenvalue weighted by Crippen LogP contribution is -2.12. The van der Waals surface area contributed by atoms with Crippen molar-refractivity contribution in [2.24, 2.45) is 0 Å². The molecule has 6 nitrogen and oxygen atoms in total. The number of hydrogen-bond donors (Lipinski definition) is 2. The fourth-order valence-electron chi connectivity index (χ4n) is 1.36. The summed E-state index contributed by atoms with van der Waals surface area (Å²) in [4.78, 5) is 22.2. The number of nitro benzene ring substituents is 1. The zero-order valence-electron chi connectivity index (χ0n) is 14.0. The third-order valence-corrected chi connectivity index (χ3v) is 2.79. The van der Waals surface area contributed by atoms with Crippen molar-refractivity contribution in [3.8, 4) is 5.75 Å². The van der Waals surface area contributed by atoms with Crippen molar-refractivity contribution in [3.05, 3.63) is 62.0 Å². The van der Waals surface area contributed by atoms with Gasteiger partial charge in [0, 0.05) is 17.1 Å². The molecule has 1 amide bonds. The number of rotatable bonds is 3. The van der Waals surface area contributed by atoms with Gasteiger partial charge < -0.3 is 10.4 Å². The molecule has 21 heavy (non-hydrogen) atoms. The Labute approximate surface area is 134 Å². The highest BCUT2D eigenvalue weighted by atomic mass is 35.5. The summed E-state index contributed by atoms with van der Waals surface area (Å²) in [5, 5.41) is 22.0. The predicted octanol–water partition coefficient (Wildman–Crippen LogP) is 3.86. The largest absolute Gasteiger partial charge is 0.507 e. The Bertz CT molecular complexity index is 895. The van der Waals surface area contributed by atoms with Crippen molar-refractivity contribution in [1.82, 2.24) is 0 Å². The molecule has 0 atom stereocenters. The average molecular weight is 331 g/mol. The van der Waals surface area contributed by atoms with Crippen LogP contribution in [0.5, 0.6) is 5.75 Å². The van der Waals surface area contributed by atoms with Crippen molar-refractivity contribution in [1.29, 1.82) is 0 Å². The van der Waals surface area contributed by atoms with Crippen LogP contribution in [-0.2, 0) is 0 Å². The van der Waals surface area contributed by atoms with Crippen LogP contribution in [0.3, 0.4) is 0 Å². The number of anilines is 1. The number of hydrogen-bond acceptors (Lipinski definition) is 4. The summed E-state index contributed by atoms with van der Waals surface area (Å²) in [6.07, 6.45) is 0. The normalized spacial score (nSPS) is 12.9. The van der Waals surface area contributed by atoms with Gasteiger partial charge in [-0.3, -0.25) is 14.9 Å². The van der Waals surface area contributed by atoms with Gasteiger partial charge in [0.1, 0.15) is 5.75 Å². The molecule has 0 radical (unpaired) electrons. The first-order valence-electron chi connectivity index (χ1n) is 7.31. The molecule has 8 heteroatoms. The summed E-state index contributed by atoms with van der Waals surface area (Å²) in [6, 6.07) is -0.732. The number of nitrogens with zero attached hydrogens (tertiary/aromatic N) is 1. The molecule has 0 saturated carbocycles. The van der Waals surface area contributed by atoms with E-state index in [9.17, 15) is 20.0 Å². The van der Waals surface area contributed by atoms with Crippen molar-refractivity contribution in [2.45, 2.75) is 0 Å². The number of nitrogens with one attached hydrogen (secondary N) is 1. The van der Waals surface area contributed by atoms with Gasteiger partial charge in [-0.1, -0.05) is 23.2 Å². The summed E-state index contributed by atoms with van der Waals surface area (Å²) in [5.74, 6) is -1.64. The first-order valence-corrected chi connectivity index (χ1v) is 6.06. The van der Waals surface area contributed by atoms with E-state index in [1.165, 1.54) is 6.07 Å². The summed E-state index contributed by atoms with van der Waals surface area (Å²) >= 11 is 11.5. The second-order valence-corrected chi connectivity index (χ2v) is 4.48. The predicted molar refractivity (Wildman–Crippen MR) is 79.2 cm³/mol. The molecule has 0 aliphatic carbocycles. The standard InChI is InChI=1S/C13H8Cl2N2O4/c14-7-1-4-12(18)9(5-7)13(19)16-11-3-2-8(17(20)21)6-10(11)15/h1-6,18H,(H,16,19)/i2D,3D,5D,6D. The molecule has 0 spiro atoms. The minimum atomic E-state index is -1.08. The number of amides is 1. The number of nitro groups is 1. The lowest BCUT2D eigenvalue weighted by Gasteiger charge is -2.08. The van der Waals surface area contributed by atoms with Gasteiger partial charge >= 0.3 is 0 Å². The van der Waals surface area contributed by atoms with Crippen LogP contribution in [0.4, 0.5) is 11.4 Å². The van der Waals surface area contributed by atoms with Crippen LogP contribution in [0.1, 0.15) is 15.8 Å². The third kappa shape index (κ3) is 3.42. The molecule has 0 unspecified atom stereocenters. The molecule has 0 aromatic heterocycles. The number of halogens is 2. The highest BCUT2D eigenvalue weighted by molar-refractivity contribution is 6.34. The minimum Gasteiger partial charge on any atom is -0.507 e. The van der Waals surface area contributed by atoms with Crippen LogP contribution < -0.4 is 5.32 Å². The third-order valence-electron chi connectivity index (χ3n) is 2.29. The first-order chi connectivity index (χ1) is 11.6. The molecule has 0 aliphatic rings. The number of carbonyl (C=O) groups is 1. The van der Waals surface area contributed by atoms with Gasteiger partial charge in [-0.05, 0) is 24.2 Å². The van der Waals surface area contributed by atoms with Gasteiger partial charge in [0.25, 0.3) is 11.6 Å². The summed E-state index contributed by atoms with van der Waals surface area (Å²) in [7, 11) is 0. The van der Waals surface area contributed by atoms with Crippen LogP contribution in [-0.4, -0.2) is 15.9 Å². The molecule has 0 heterocycles. The van der Waals surface area contributed by atoms with Gasteiger partial charge in [0.05, 0.1) is 26.7 Å². The van der Waals surface area contributed by atoms with Gasteiger partial charge in [0.2, 0.25) is 0 Å². The Kier molecular flexibility index (Phi) is 2.97. The monoisotopic (exact) mass is 330 g/mol. The van der Waals surface area contributed by atoms with Crippen LogP contribution in [0, 0.1) is 10.1 Å². The van der Waals surface area contributed by atoms with Gasteiger partial charge in [-0.15, -0.1) is 0 Å². The van der Waals surface area contributed by atoms with E-state index >= 15 is 0 Å². The highest BCUT2D eigenvalue weighted by Crippen LogP contribution is 2.28. The van der Waals surface area contributed by atoms with E-state index in [0.717, 1.165) is 6.07 Å². The van der Waals surface area contributed by atoms with E-state index in [4.69, 9.17) is 28.7 Å². The maximum Gasteiger partial charge on any atom is 0.271 e. The molecule has 2 N–H and O–H groups in total. The molecular weight excluding hydrogens is 319 g/mol. The van der Waals surface area contributed by atoms with Gasteiger partial charge in [-0.2, -0.15) is 0 Å². The van der Waals surface area contributed by atoms with Crippen molar-refractivity contribution in [3.63, 3.8) is 0 Å². The van der Waals surface area contributed by atoms with E-state index in [1.54, 1.807) is 0 Å². The number of carbonyl (C=O) groups excluding carboxylic acids is 1. The van der Waals surface area contributed by atoms with E-state index in [0.29, 0.717) is 0 Å². The number of phenols is 1. The van der Waals surface area contributed by atoms with Crippen LogP contribution in [0.15, 0.2) is 36.3 Å². The zero-order valence-corrected chi connectivity index (χ0v) is 11.5. The summed E-state index contributed by atoms with van der Waals surface area (Å²) in [6.45, 7) is 0. The Morgan fingerprint density at radius 1 is 1.33 bits per heavy atom. The molecule has 2 aromatic carbocycles. The number of benzene rings is 2.